The molecule has 5 aromatic carbocycles. The Balaban J connectivity index is 1.26. The second-order valence-corrected chi connectivity index (χ2v) is 26.3. The number of Topliss-reactive ketones (excluding diaryl/α,β-unsaturated/α-hetero) is 1. The highest BCUT2D eigenvalue weighted by Gasteiger charge is 2.49. The first kappa shape index (κ1) is 74.2. The van der Waals surface area contributed by atoms with Gasteiger partial charge in [0.25, 0.3) is 0 Å². The van der Waals surface area contributed by atoms with Crippen LogP contribution in [0.5, 0.6) is 46.0 Å². The van der Waals surface area contributed by atoms with Crippen molar-refractivity contribution in [3.05, 3.63) is 117 Å². The number of nitrogens with one attached hydrogen (secondary N) is 7. The van der Waals surface area contributed by atoms with E-state index in [0.717, 1.165) is 60.7 Å². The normalized spacial score (nSPS) is 28.7. The molecule has 0 saturated carbocycles. The van der Waals surface area contributed by atoms with Gasteiger partial charge in [-0.1, -0.05) is 55.2 Å². The Bertz CT molecular complexity index is 4130. The van der Waals surface area contributed by atoms with Gasteiger partial charge < -0.3 is 123 Å². The number of aliphatic hydroxyl groups excluding tert-OH is 5. The Morgan fingerprint density at radius 1 is 0.713 bits per heavy atom. The fourth-order valence-corrected chi connectivity index (χ4v) is 12.8. The number of aliphatic hydroxyl groups is 5. The second kappa shape index (κ2) is 30.0. The molecule has 0 radical (unpaired) electrons. The summed E-state index contributed by atoms with van der Waals surface area (Å²) in [5.74, 6) is -16.7. The van der Waals surface area contributed by atoms with Crippen LogP contribution in [-0.2, 0) is 57.4 Å². The molecule has 2 fully saturated rings. The van der Waals surface area contributed by atoms with Crippen LogP contribution in [0.25, 0.3) is 11.1 Å². The summed E-state index contributed by atoms with van der Waals surface area (Å²) in [4.78, 5) is 132. The first-order valence-corrected chi connectivity index (χ1v) is 32.2. The van der Waals surface area contributed by atoms with Gasteiger partial charge in [0.2, 0.25) is 53.4 Å². The summed E-state index contributed by atoms with van der Waals surface area (Å²) < 4.78 is 37.8. The molecule has 33 nitrogen and oxygen atoms in total. The van der Waals surface area contributed by atoms with E-state index in [0.29, 0.717) is 0 Å². The molecule has 7 amide bonds. The molecule has 2 saturated heterocycles. The van der Waals surface area contributed by atoms with Crippen molar-refractivity contribution in [2.24, 2.45) is 17.4 Å². The van der Waals surface area contributed by atoms with E-state index < -0.39 is 243 Å². The Labute approximate surface area is 583 Å². The van der Waals surface area contributed by atoms with Crippen molar-refractivity contribution in [1.29, 1.82) is 0 Å². The minimum atomic E-state index is -2.35. The monoisotopic (exact) mass is 1450 g/mol. The number of aliphatic carboxylic acids is 1. The van der Waals surface area contributed by atoms with Gasteiger partial charge in [0.1, 0.15) is 102 Å². The number of carbonyl (C=O) groups is 9. The molecule has 7 aliphatic heterocycles. The van der Waals surface area contributed by atoms with E-state index in [2.05, 4.69) is 37.2 Å². The van der Waals surface area contributed by atoms with Crippen LogP contribution in [0.15, 0.2) is 78.9 Å². The van der Waals surface area contributed by atoms with E-state index in [4.69, 9.17) is 63.1 Å². The Kier molecular flexibility index (Phi) is 22.0. The molecule has 17 atom stereocenters. The number of benzene rings is 5. The number of likely N-dealkylation sites (N-methyl/N-ethyl adjacent to an activating group) is 1. The fraction of sp³-hybridized carbons (Fsp3) is 0.409. The molecular formula is C66H73Cl2N9O24. The van der Waals surface area contributed by atoms with Crippen molar-refractivity contribution in [3.63, 3.8) is 0 Å². The number of carbonyl (C=O) groups excluding carboxylic acids is 8. The number of aromatic hydroxyl groups is 3. The number of rotatable bonds is 13. The molecule has 7 heterocycles. The van der Waals surface area contributed by atoms with Gasteiger partial charge in [-0.3, -0.25) is 38.4 Å². The first-order chi connectivity index (χ1) is 47.7. The summed E-state index contributed by atoms with van der Waals surface area (Å²) in [5.41, 5.74) is 7.78. The molecule has 5 aromatic rings. The average molecular weight is 1450 g/mol. The molecule has 0 aliphatic carbocycles. The molecule has 0 unspecified atom stereocenters. The number of carboxylic acids is 1. The van der Waals surface area contributed by atoms with Crippen molar-refractivity contribution in [3.8, 4) is 57.1 Å². The highest BCUT2D eigenvalue weighted by molar-refractivity contribution is 6.32. The first-order valence-electron chi connectivity index (χ1n) is 31.5. The molecule has 11 bridgehead atoms. The molecule has 0 spiro atoms. The van der Waals surface area contributed by atoms with E-state index in [1.54, 1.807) is 0 Å². The van der Waals surface area contributed by atoms with Gasteiger partial charge in [-0.2, -0.15) is 0 Å². The summed E-state index contributed by atoms with van der Waals surface area (Å²) in [6.45, 7) is 5.40. The van der Waals surface area contributed by atoms with Crippen molar-refractivity contribution < 1.29 is 118 Å². The number of halogens is 2. The van der Waals surface area contributed by atoms with Crippen molar-refractivity contribution in [2.75, 3.05) is 13.7 Å². The van der Waals surface area contributed by atoms with E-state index in [1.807, 2.05) is 13.8 Å². The zero-order chi connectivity index (χ0) is 73.5. The summed E-state index contributed by atoms with van der Waals surface area (Å²) in [6, 6.07) is -0.561. The molecule has 20 N–H and O–H groups in total. The average Bonchev–Trinajstić information content (AvgIpc) is 0.770. The molecule has 101 heavy (non-hydrogen) atoms. The molecule has 7 aliphatic rings. The van der Waals surface area contributed by atoms with Crippen molar-refractivity contribution >= 4 is 76.3 Å². The third kappa shape index (κ3) is 15.7. The highest BCUT2D eigenvalue weighted by atomic mass is 35.5. The summed E-state index contributed by atoms with van der Waals surface area (Å²) in [7, 11) is 1.47. The Morgan fingerprint density at radius 2 is 1.33 bits per heavy atom. The summed E-state index contributed by atoms with van der Waals surface area (Å²) in [6.07, 6.45) is -18.1. The van der Waals surface area contributed by atoms with Crippen LogP contribution in [0.1, 0.15) is 105 Å². The highest BCUT2D eigenvalue weighted by Crippen LogP contribution is 2.50. The van der Waals surface area contributed by atoms with Gasteiger partial charge in [0.05, 0.1) is 34.7 Å². The number of carboxylic acid groups (broad SMARTS) is 1. The van der Waals surface area contributed by atoms with Crippen LogP contribution >= 0.6 is 23.2 Å². The molecule has 540 valence electrons. The number of ether oxygens (including phenoxy) is 6. The summed E-state index contributed by atoms with van der Waals surface area (Å²) in [5, 5.41) is 118. The fourth-order valence-electron chi connectivity index (χ4n) is 12.4. The quantitative estimate of drug-likeness (QED) is 0.0754. The zero-order valence-electron chi connectivity index (χ0n) is 54.2. The number of hydrogen-bond acceptors (Lipinski definition) is 25. The van der Waals surface area contributed by atoms with E-state index in [9.17, 15) is 69.9 Å². The van der Waals surface area contributed by atoms with Crippen LogP contribution in [-0.4, -0.2) is 186 Å². The van der Waals surface area contributed by atoms with Crippen LogP contribution in [0.2, 0.25) is 10.0 Å². The van der Waals surface area contributed by atoms with Gasteiger partial charge in [-0.25, -0.2) is 4.79 Å². The van der Waals surface area contributed by atoms with E-state index in [1.165, 1.54) is 39.1 Å². The van der Waals surface area contributed by atoms with Crippen LogP contribution in [0.3, 0.4) is 0 Å². The number of phenolic OH excluding ortho intramolecular Hbond substituents is 3. The molecule has 0 aromatic heterocycles. The number of hydrogen-bond donors (Lipinski definition) is 18. The lowest BCUT2D eigenvalue weighted by atomic mass is 9.88. The lowest BCUT2D eigenvalue weighted by Crippen LogP contribution is -2.60. The van der Waals surface area contributed by atoms with Gasteiger partial charge >= 0.3 is 5.97 Å². The smallest absolute Gasteiger partial charge is 0.330 e. The van der Waals surface area contributed by atoms with Crippen molar-refractivity contribution in [1.82, 2.24) is 37.2 Å². The second-order valence-electron chi connectivity index (χ2n) is 25.5. The zero-order valence-corrected chi connectivity index (χ0v) is 55.7. The largest absolute Gasteiger partial charge is 0.508 e. The molecular weight excluding hydrogens is 1370 g/mol. The maximum absolute atomic E-state index is 16.1. The lowest BCUT2D eigenvalue weighted by molar-refractivity contribution is -0.277. The third-order valence-electron chi connectivity index (χ3n) is 17.5. The minimum Gasteiger partial charge on any atom is -0.508 e. The Morgan fingerprint density at radius 3 is 1.93 bits per heavy atom. The maximum atomic E-state index is 16.1. The van der Waals surface area contributed by atoms with Crippen LogP contribution < -0.4 is 62.9 Å². The number of fused-ring (bicyclic) bond motifs is 15. The Hall–Kier alpha value is -9.49. The van der Waals surface area contributed by atoms with Gasteiger partial charge in [0.15, 0.2) is 29.6 Å². The van der Waals surface area contributed by atoms with Crippen molar-refractivity contribution in [2.45, 2.75) is 150 Å². The van der Waals surface area contributed by atoms with Crippen LogP contribution in [0, 0.1) is 5.92 Å². The van der Waals surface area contributed by atoms with Gasteiger partial charge in [-0.15, -0.1) is 0 Å². The number of phenols is 3. The lowest BCUT2D eigenvalue weighted by Gasteiger charge is -2.40. The van der Waals surface area contributed by atoms with Gasteiger partial charge in [-0.05, 0) is 110 Å². The maximum Gasteiger partial charge on any atom is 0.330 e. The summed E-state index contributed by atoms with van der Waals surface area (Å²) >= 11 is 14.2. The van der Waals surface area contributed by atoms with Crippen LogP contribution in [0.4, 0.5) is 0 Å². The third-order valence-corrected chi connectivity index (χ3v) is 18.1. The number of ketones is 1. The molecule has 12 rings (SSSR count). The minimum absolute atomic E-state index is 0.0975. The van der Waals surface area contributed by atoms with Gasteiger partial charge in [0, 0.05) is 29.2 Å². The standard InChI is InChI=1S/C66H73Cl2N9O24/c1-23(2)12-34(71-5)58(88)76-49-51(83)26-7-10-38(32(67)14-26)97-40-16-28-17-41(56(40)101-65-54(86)53(85)52(84)42(22-78)99-65)98-39-11-8-27(15-33(39)68)55(100-44-21-66(4,70)57(87)24(3)96-44)50-63(93)75-48(64(94)95)31-18-29(79)19-37(81)45(31)30-13-25(6-9-36(30)80)46(60(90)77-50)74-61(91)47(28)73-59(89)35(20-43(69)82)72-62(49)92/h6-11,13-19,23-24,34-35,42,44,46-55,65,71,78-81,83-86H,12,20-22,70H2,1-5H3,(H2,69,82)(H,72,92)(H,73,89)(H,74,91)(H,75,93)(H,76,88)(H,77,90)(H,94,95)/t24-,34+,35-,42+,44-,46+,47+,48+,49+,50-,51+,52+,53-,54+,55+,65-,66-/m0/s1. The number of amides is 7. The van der Waals surface area contributed by atoms with E-state index in [-0.39, 0.29) is 39.8 Å². The predicted molar refractivity (Wildman–Crippen MR) is 348 cm³/mol. The number of primary amides is 1. The SMILES string of the molecule is CN[C@H](CC(C)C)C(=O)N[C@H]1C(=O)N[C@@H](CC(N)=O)C(=O)N[C@H]2C(=O)N[C@H]3C(=O)N[C@H](C(=O)N[C@@H](C(=O)O)c4cc(O)cc(O)c4-c4cc3ccc4O)[C@H](O[C@H]3C[C@](C)(N)C(=O)[C@H](C)O3)c3ccc(c(Cl)c3)Oc3cc2cc(c3O[C@@H]2O[C@H](CO)[C@@H](O)[C@H](O)[C@H]2O)Oc2ccc(cc2Cl)[C@H]1O. The number of nitrogens with two attached hydrogens (primary N) is 2. The topological polar surface area (TPSA) is 527 Å². The van der Waals surface area contributed by atoms with E-state index >= 15 is 19.2 Å². The molecule has 35 heteroatoms. The predicted octanol–water partition coefficient (Wildman–Crippen LogP) is 0.314.